The minimum Gasteiger partial charge on any atom is -0.485 e. The van der Waals surface area contributed by atoms with Crippen molar-refractivity contribution < 1.29 is 9.53 Å². The number of para-hydroxylation sites is 1. The smallest absolute Gasteiger partial charge is 0.193 e. The number of benzene rings is 1. The number of fused-ring (bicyclic) bond motifs is 1. The van der Waals surface area contributed by atoms with Gasteiger partial charge in [0.05, 0.1) is 0 Å². The fourth-order valence-electron chi connectivity index (χ4n) is 1.38. The van der Waals surface area contributed by atoms with E-state index >= 15 is 0 Å². The second-order valence-electron chi connectivity index (χ2n) is 3.08. The molecule has 1 aliphatic heterocycles. The summed E-state index contributed by atoms with van der Waals surface area (Å²) in [5.74, 6) is 0.834. The Morgan fingerprint density at radius 2 is 2.15 bits per heavy atom. The van der Waals surface area contributed by atoms with E-state index in [9.17, 15) is 4.79 Å². The van der Waals surface area contributed by atoms with Crippen LogP contribution in [0.4, 0.5) is 0 Å². The van der Waals surface area contributed by atoms with Crippen LogP contribution in [-0.2, 0) is 4.79 Å². The second-order valence-corrected chi connectivity index (χ2v) is 3.08. The predicted octanol–water partition coefficient (Wildman–Crippen LogP) is 1.97. The van der Waals surface area contributed by atoms with E-state index in [1.807, 2.05) is 25.1 Å². The molecule has 0 spiro atoms. The van der Waals surface area contributed by atoms with Crippen LogP contribution in [-0.4, -0.2) is 12.4 Å². The minimum absolute atomic E-state index is 0.00981. The van der Waals surface area contributed by atoms with Gasteiger partial charge in [0.15, 0.2) is 12.4 Å². The van der Waals surface area contributed by atoms with Crippen molar-refractivity contribution in [2.75, 3.05) is 6.61 Å². The molecule has 0 saturated carbocycles. The van der Waals surface area contributed by atoms with Crippen LogP contribution in [0.25, 0.3) is 6.08 Å². The molecule has 0 unspecified atom stereocenters. The molecule has 2 rings (SSSR count). The van der Waals surface area contributed by atoms with E-state index < -0.39 is 0 Å². The van der Waals surface area contributed by atoms with Crippen LogP contribution < -0.4 is 4.74 Å². The first kappa shape index (κ1) is 8.05. The Labute approximate surface area is 76.8 Å². The summed E-state index contributed by atoms with van der Waals surface area (Å²) in [6.07, 6.45) is 3.36. The number of aryl methyl sites for hydroxylation is 1. The molecule has 1 aliphatic rings. The van der Waals surface area contributed by atoms with Crippen molar-refractivity contribution in [1.82, 2.24) is 0 Å². The number of ether oxygens (including phenoxy) is 1. The molecule has 0 aliphatic carbocycles. The standard InChI is InChI=1S/C11H10O2/c1-8-3-2-4-9-5-6-10(12)7-13-11(8)9/h2-6H,7H2,1H3. The molecule has 0 N–H and O–H groups in total. The van der Waals surface area contributed by atoms with E-state index in [2.05, 4.69) is 0 Å². The SMILES string of the molecule is Cc1cccc2c1OCC(=O)C=C2. The molecule has 2 heteroatoms. The molecular weight excluding hydrogens is 164 g/mol. The third-order valence-electron chi connectivity index (χ3n) is 2.05. The molecule has 13 heavy (non-hydrogen) atoms. The van der Waals surface area contributed by atoms with Gasteiger partial charge in [-0.1, -0.05) is 18.2 Å². The number of hydrogen-bond donors (Lipinski definition) is 0. The summed E-state index contributed by atoms with van der Waals surface area (Å²) in [6, 6.07) is 5.87. The highest BCUT2D eigenvalue weighted by Gasteiger charge is 2.10. The molecule has 0 fully saturated rings. The number of carbonyl (C=O) groups is 1. The first-order chi connectivity index (χ1) is 6.27. The highest BCUT2D eigenvalue weighted by molar-refractivity contribution is 5.96. The highest BCUT2D eigenvalue weighted by atomic mass is 16.5. The lowest BCUT2D eigenvalue weighted by Crippen LogP contribution is -2.07. The first-order valence-corrected chi connectivity index (χ1v) is 4.21. The Bertz CT molecular complexity index is 378. The van der Waals surface area contributed by atoms with Crippen molar-refractivity contribution in [3.05, 3.63) is 35.4 Å². The summed E-state index contributed by atoms with van der Waals surface area (Å²) in [4.78, 5) is 11.1. The average Bonchev–Trinajstić information content (AvgIpc) is 2.30. The zero-order valence-electron chi connectivity index (χ0n) is 7.41. The third-order valence-corrected chi connectivity index (χ3v) is 2.05. The van der Waals surface area contributed by atoms with Gasteiger partial charge in [-0.25, -0.2) is 0 Å². The van der Waals surface area contributed by atoms with Crippen molar-refractivity contribution in [3.63, 3.8) is 0 Å². The second kappa shape index (κ2) is 3.05. The number of rotatable bonds is 0. The summed E-state index contributed by atoms with van der Waals surface area (Å²) in [5.41, 5.74) is 2.04. The van der Waals surface area contributed by atoms with E-state index in [1.54, 1.807) is 12.2 Å². The Morgan fingerprint density at radius 3 is 3.00 bits per heavy atom. The van der Waals surface area contributed by atoms with Gasteiger partial charge in [-0.15, -0.1) is 0 Å². The van der Waals surface area contributed by atoms with Gasteiger partial charge >= 0.3 is 0 Å². The molecule has 0 radical (unpaired) electrons. The van der Waals surface area contributed by atoms with Crippen LogP contribution in [0.2, 0.25) is 0 Å². The van der Waals surface area contributed by atoms with E-state index in [-0.39, 0.29) is 12.4 Å². The molecule has 1 aromatic carbocycles. The molecule has 1 aromatic rings. The van der Waals surface area contributed by atoms with Gasteiger partial charge < -0.3 is 4.74 Å². The summed E-state index contributed by atoms with van der Waals surface area (Å²) in [5, 5.41) is 0. The lowest BCUT2D eigenvalue weighted by atomic mass is 10.1. The number of carbonyl (C=O) groups excluding carboxylic acids is 1. The maximum Gasteiger partial charge on any atom is 0.193 e. The highest BCUT2D eigenvalue weighted by Crippen LogP contribution is 2.25. The molecule has 0 atom stereocenters. The van der Waals surface area contributed by atoms with Crippen LogP contribution in [0, 0.1) is 6.92 Å². The lowest BCUT2D eigenvalue weighted by Gasteiger charge is -2.07. The zero-order valence-corrected chi connectivity index (χ0v) is 7.41. The fraction of sp³-hybridized carbons (Fsp3) is 0.182. The molecular formula is C11H10O2. The van der Waals surface area contributed by atoms with E-state index in [4.69, 9.17) is 4.74 Å². The number of ketones is 1. The quantitative estimate of drug-likeness (QED) is 0.601. The summed E-state index contributed by atoms with van der Waals surface area (Å²) >= 11 is 0. The van der Waals surface area contributed by atoms with Crippen LogP contribution in [0.15, 0.2) is 24.3 Å². The van der Waals surface area contributed by atoms with Crippen molar-refractivity contribution in [2.24, 2.45) is 0 Å². The summed E-state index contributed by atoms with van der Waals surface area (Å²) in [7, 11) is 0. The molecule has 1 heterocycles. The van der Waals surface area contributed by atoms with Crippen molar-refractivity contribution in [1.29, 1.82) is 0 Å². The van der Waals surface area contributed by atoms with Gasteiger partial charge in [-0.3, -0.25) is 4.79 Å². The molecule has 0 aromatic heterocycles. The maximum absolute atomic E-state index is 11.1. The average molecular weight is 174 g/mol. The molecule has 66 valence electrons. The van der Waals surface area contributed by atoms with Crippen molar-refractivity contribution >= 4 is 11.9 Å². The Hall–Kier alpha value is -1.57. The zero-order chi connectivity index (χ0) is 9.26. The van der Waals surface area contributed by atoms with Gasteiger partial charge in [0.1, 0.15) is 5.75 Å². The Morgan fingerprint density at radius 1 is 1.31 bits per heavy atom. The summed E-state index contributed by atoms with van der Waals surface area (Å²) < 4.78 is 5.38. The van der Waals surface area contributed by atoms with Crippen LogP contribution >= 0.6 is 0 Å². The molecule has 0 saturated heterocycles. The monoisotopic (exact) mass is 174 g/mol. The van der Waals surface area contributed by atoms with Gasteiger partial charge in [-0.05, 0) is 24.6 Å². The van der Waals surface area contributed by atoms with Crippen molar-refractivity contribution in [2.45, 2.75) is 6.92 Å². The molecule has 0 bridgehead atoms. The van der Waals surface area contributed by atoms with Gasteiger partial charge in [0, 0.05) is 5.56 Å². The third kappa shape index (κ3) is 1.47. The Kier molecular flexibility index (Phi) is 1.89. The van der Waals surface area contributed by atoms with E-state index in [1.165, 1.54) is 0 Å². The van der Waals surface area contributed by atoms with E-state index in [0.717, 1.165) is 16.9 Å². The number of hydrogen-bond acceptors (Lipinski definition) is 2. The topological polar surface area (TPSA) is 26.3 Å². The maximum atomic E-state index is 11.1. The molecule has 2 nitrogen and oxygen atoms in total. The van der Waals surface area contributed by atoms with Gasteiger partial charge in [0.25, 0.3) is 0 Å². The first-order valence-electron chi connectivity index (χ1n) is 4.21. The normalized spacial score (nSPS) is 14.7. The molecule has 0 amide bonds. The van der Waals surface area contributed by atoms with Crippen LogP contribution in [0.5, 0.6) is 5.75 Å². The van der Waals surface area contributed by atoms with E-state index in [0.29, 0.717) is 0 Å². The van der Waals surface area contributed by atoms with Gasteiger partial charge in [0.2, 0.25) is 0 Å². The largest absolute Gasteiger partial charge is 0.485 e. The lowest BCUT2D eigenvalue weighted by molar-refractivity contribution is -0.116. The predicted molar refractivity (Wildman–Crippen MR) is 50.7 cm³/mol. The van der Waals surface area contributed by atoms with Crippen LogP contribution in [0.1, 0.15) is 11.1 Å². The van der Waals surface area contributed by atoms with Crippen LogP contribution in [0.3, 0.4) is 0 Å². The fourth-order valence-corrected chi connectivity index (χ4v) is 1.38. The summed E-state index contributed by atoms with van der Waals surface area (Å²) in [6.45, 7) is 2.12. The minimum atomic E-state index is 0.00981. The van der Waals surface area contributed by atoms with Crippen molar-refractivity contribution in [3.8, 4) is 5.75 Å². The van der Waals surface area contributed by atoms with Gasteiger partial charge in [-0.2, -0.15) is 0 Å². The Balaban J connectivity index is 2.52.